The number of thiazole rings is 1. The molecule has 0 amide bonds. The molecular weight excluding hydrogens is 471 g/mol. The lowest BCUT2D eigenvalue weighted by Gasteiger charge is -2.19. The molecule has 182 valence electrons. The minimum Gasteiger partial charge on any atom is -0.438 e. The molecule has 1 atom stereocenters. The van der Waals surface area contributed by atoms with Crippen molar-refractivity contribution in [2.45, 2.75) is 25.9 Å². The number of nitrogens with zero attached hydrogens (tertiary/aromatic N) is 6. The van der Waals surface area contributed by atoms with E-state index in [1.165, 1.54) is 30.6 Å². The molecule has 5 rings (SSSR count). The summed E-state index contributed by atoms with van der Waals surface area (Å²) in [5.74, 6) is 1.34. The summed E-state index contributed by atoms with van der Waals surface area (Å²) < 4.78 is 25.1. The van der Waals surface area contributed by atoms with Gasteiger partial charge in [-0.15, -0.1) is 16.4 Å². The molecule has 9 nitrogen and oxygen atoms in total. The molecule has 4 heterocycles. The van der Waals surface area contributed by atoms with Gasteiger partial charge in [0.2, 0.25) is 0 Å². The molecule has 1 aliphatic rings. The quantitative estimate of drug-likeness (QED) is 0.356. The molecule has 0 spiro atoms. The van der Waals surface area contributed by atoms with Gasteiger partial charge < -0.3 is 19.3 Å². The Hall–Kier alpha value is -3.73. The molecule has 0 radical (unpaired) electrons. The van der Waals surface area contributed by atoms with Gasteiger partial charge in [-0.05, 0) is 42.8 Å². The van der Waals surface area contributed by atoms with Crippen molar-refractivity contribution < 1.29 is 18.7 Å². The summed E-state index contributed by atoms with van der Waals surface area (Å²) in [5.41, 5.74) is 3.29. The molecule has 0 saturated carbocycles. The number of anilines is 3. The maximum Gasteiger partial charge on any atom is 0.508 e. The number of ether oxygens (including phenoxy) is 2. The average molecular weight is 497 g/mol. The number of carbonyl (C=O) groups excluding carboxylic acids is 1. The Labute approximate surface area is 205 Å². The van der Waals surface area contributed by atoms with E-state index in [-0.39, 0.29) is 11.9 Å². The predicted molar refractivity (Wildman–Crippen MR) is 132 cm³/mol. The Bertz CT molecular complexity index is 1360. The van der Waals surface area contributed by atoms with E-state index in [0.29, 0.717) is 19.5 Å². The largest absolute Gasteiger partial charge is 0.508 e. The first kappa shape index (κ1) is 23.0. The van der Waals surface area contributed by atoms with Gasteiger partial charge in [0.1, 0.15) is 17.7 Å². The van der Waals surface area contributed by atoms with E-state index in [9.17, 15) is 9.18 Å². The van der Waals surface area contributed by atoms with Gasteiger partial charge in [0.05, 0.1) is 25.0 Å². The fraction of sp³-hybridized carbons (Fsp3) is 0.333. The molecule has 1 unspecified atom stereocenters. The fourth-order valence-corrected chi connectivity index (χ4v) is 4.98. The van der Waals surface area contributed by atoms with Crippen LogP contribution in [0.25, 0.3) is 16.9 Å². The highest BCUT2D eigenvalue weighted by Crippen LogP contribution is 2.34. The SMILES string of the molecule is CCc1nc2ccc(N3CCC(OC(=O)OC)C3)nn2c1N(C)c1nc(-c2ccc(F)cc2)cs1. The van der Waals surface area contributed by atoms with Crippen LogP contribution in [0.4, 0.5) is 26.0 Å². The van der Waals surface area contributed by atoms with Crippen molar-refractivity contribution >= 4 is 39.9 Å². The van der Waals surface area contributed by atoms with Crippen LogP contribution >= 0.6 is 11.3 Å². The van der Waals surface area contributed by atoms with Gasteiger partial charge in [0.15, 0.2) is 16.6 Å². The summed E-state index contributed by atoms with van der Waals surface area (Å²) in [6, 6.07) is 10.2. The number of fused-ring (bicyclic) bond motifs is 1. The number of rotatable bonds is 6. The van der Waals surface area contributed by atoms with Crippen LogP contribution in [0.1, 0.15) is 19.0 Å². The zero-order valence-corrected chi connectivity index (χ0v) is 20.5. The molecule has 1 aliphatic heterocycles. The Morgan fingerprint density at radius 2 is 2.03 bits per heavy atom. The van der Waals surface area contributed by atoms with Crippen LogP contribution < -0.4 is 9.80 Å². The van der Waals surface area contributed by atoms with Gasteiger partial charge in [-0.2, -0.15) is 4.52 Å². The molecule has 35 heavy (non-hydrogen) atoms. The minimum absolute atomic E-state index is 0.240. The van der Waals surface area contributed by atoms with Crippen LogP contribution in [-0.2, 0) is 15.9 Å². The summed E-state index contributed by atoms with van der Waals surface area (Å²) in [5, 5.41) is 7.62. The number of hydrogen-bond acceptors (Lipinski definition) is 9. The van der Waals surface area contributed by atoms with Crippen molar-refractivity contribution in [1.82, 2.24) is 19.6 Å². The lowest BCUT2D eigenvalue weighted by atomic mass is 10.2. The molecule has 0 aliphatic carbocycles. The zero-order valence-electron chi connectivity index (χ0n) is 19.6. The van der Waals surface area contributed by atoms with Crippen molar-refractivity contribution in [2.75, 3.05) is 37.0 Å². The highest BCUT2D eigenvalue weighted by Gasteiger charge is 2.28. The molecule has 0 bridgehead atoms. The number of benzene rings is 1. The monoisotopic (exact) mass is 496 g/mol. The molecule has 1 fully saturated rings. The van der Waals surface area contributed by atoms with Crippen molar-refractivity contribution in [1.29, 1.82) is 0 Å². The highest BCUT2D eigenvalue weighted by atomic mass is 32.1. The lowest BCUT2D eigenvalue weighted by Crippen LogP contribution is -2.26. The predicted octanol–water partition coefficient (Wildman–Crippen LogP) is 4.68. The van der Waals surface area contributed by atoms with Crippen molar-refractivity contribution in [3.05, 3.63) is 53.3 Å². The van der Waals surface area contributed by atoms with E-state index in [2.05, 4.69) is 16.6 Å². The molecule has 11 heteroatoms. The molecule has 3 aromatic heterocycles. The minimum atomic E-state index is -0.671. The maximum atomic E-state index is 13.3. The number of halogens is 1. The first-order valence-corrected chi connectivity index (χ1v) is 12.2. The van der Waals surface area contributed by atoms with E-state index in [1.807, 2.05) is 34.0 Å². The van der Waals surface area contributed by atoms with Gasteiger partial charge in [-0.1, -0.05) is 6.92 Å². The number of aryl methyl sites for hydroxylation is 1. The number of aromatic nitrogens is 4. The van der Waals surface area contributed by atoms with E-state index in [1.54, 1.807) is 12.1 Å². The third kappa shape index (κ3) is 4.51. The summed E-state index contributed by atoms with van der Waals surface area (Å²) in [6.45, 7) is 3.32. The summed E-state index contributed by atoms with van der Waals surface area (Å²) in [7, 11) is 3.25. The highest BCUT2D eigenvalue weighted by molar-refractivity contribution is 7.14. The van der Waals surface area contributed by atoms with Crippen molar-refractivity contribution in [2.24, 2.45) is 0 Å². The van der Waals surface area contributed by atoms with Gasteiger partial charge >= 0.3 is 6.16 Å². The Morgan fingerprint density at radius 3 is 2.77 bits per heavy atom. The normalized spacial score (nSPS) is 15.5. The summed E-state index contributed by atoms with van der Waals surface area (Å²) >= 11 is 1.50. The smallest absolute Gasteiger partial charge is 0.438 e. The topological polar surface area (TPSA) is 85.1 Å². The maximum absolute atomic E-state index is 13.3. The number of imidazole rings is 1. The third-order valence-corrected chi connectivity index (χ3v) is 6.90. The third-order valence-electron chi connectivity index (χ3n) is 5.98. The second-order valence-electron chi connectivity index (χ2n) is 8.21. The number of carbonyl (C=O) groups is 1. The Morgan fingerprint density at radius 1 is 1.23 bits per heavy atom. The molecule has 4 aromatic rings. The van der Waals surface area contributed by atoms with Crippen molar-refractivity contribution in [3.63, 3.8) is 0 Å². The average Bonchev–Trinajstić information content (AvgIpc) is 3.62. The number of methoxy groups -OCH3 is 1. The number of hydrogen-bond donors (Lipinski definition) is 0. The Balaban J connectivity index is 1.45. The second kappa shape index (κ2) is 9.49. The standard InChI is InChI=1S/C24H25FN6O3S/c1-4-18-22(29(2)23-27-19(14-35-23)15-5-7-16(25)8-6-15)31-20(26-18)9-10-21(28-31)30-12-11-17(13-30)34-24(32)33-3/h5-10,14,17H,4,11-13H2,1-3H3. The van der Waals surface area contributed by atoms with Gasteiger partial charge in [-0.3, -0.25) is 0 Å². The zero-order chi connectivity index (χ0) is 24.5. The fourth-order valence-electron chi connectivity index (χ4n) is 4.18. The lowest BCUT2D eigenvalue weighted by molar-refractivity contribution is 0.0445. The van der Waals surface area contributed by atoms with Gasteiger partial charge in [-0.25, -0.2) is 19.2 Å². The Kier molecular flexibility index (Phi) is 6.25. The van der Waals surface area contributed by atoms with E-state index in [0.717, 1.165) is 45.8 Å². The van der Waals surface area contributed by atoms with Crippen LogP contribution in [0, 0.1) is 5.82 Å². The molecular formula is C24H25FN6O3S. The second-order valence-corrected chi connectivity index (χ2v) is 9.04. The van der Waals surface area contributed by atoms with Gasteiger partial charge in [0, 0.05) is 31.0 Å². The van der Waals surface area contributed by atoms with E-state index in [4.69, 9.17) is 19.8 Å². The summed E-state index contributed by atoms with van der Waals surface area (Å²) in [6.07, 6.45) is 0.524. The van der Waals surface area contributed by atoms with Crippen molar-refractivity contribution in [3.8, 4) is 11.3 Å². The van der Waals surface area contributed by atoms with Gasteiger partial charge in [0.25, 0.3) is 0 Å². The van der Waals surface area contributed by atoms with Crippen LogP contribution in [0.15, 0.2) is 41.8 Å². The van der Waals surface area contributed by atoms with Crippen LogP contribution in [0.2, 0.25) is 0 Å². The molecule has 1 aromatic carbocycles. The van der Waals surface area contributed by atoms with E-state index >= 15 is 0 Å². The van der Waals surface area contributed by atoms with Crippen LogP contribution in [0.5, 0.6) is 0 Å². The first-order chi connectivity index (χ1) is 17.0. The first-order valence-electron chi connectivity index (χ1n) is 11.3. The molecule has 0 N–H and O–H groups in total. The summed E-state index contributed by atoms with van der Waals surface area (Å²) in [4.78, 5) is 25.1. The molecule has 1 saturated heterocycles. The van der Waals surface area contributed by atoms with E-state index < -0.39 is 6.16 Å². The van der Waals surface area contributed by atoms with Crippen LogP contribution in [-0.4, -0.2) is 59.1 Å². The van der Waals surface area contributed by atoms with Crippen LogP contribution in [0.3, 0.4) is 0 Å².